The van der Waals surface area contributed by atoms with Crippen LogP contribution >= 0.6 is 11.6 Å². The number of para-hydroxylation sites is 1. The molecule has 6 nitrogen and oxygen atoms in total. The van der Waals surface area contributed by atoms with E-state index in [2.05, 4.69) is 9.97 Å². The Hall–Kier alpha value is -3.71. The number of carbonyl (C=O) groups is 1. The van der Waals surface area contributed by atoms with Gasteiger partial charge in [-0.05, 0) is 36.4 Å². The summed E-state index contributed by atoms with van der Waals surface area (Å²) in [6.45, 7) is 0.148. The number of aromatic nitrogens is 2. The molecule has 0 fully saturated rings. The van der Waals surface area contributed by atoms with Crippen molar-refractivity contribution in [1.29, 1.82) is 0 Å². The minimum Gasteiger partial charge on any atom is -0.481 e. The Bertz CT molecular complexity index is 1280. The predicted octanol–water partition coefficient (Wildman–Crippen LogP) is 5.28. The summed E-state index contributed by atoms with van der Waals surface area (Å²) in [7, 11) is 0. The van der Waals surface area contributed by atoms with Crippen molar-refractivity contribution in [3.8, 4) is 11.3 Å². The van der Waals surface area contributed by atoms with Crippen molar-refractivity contribution in [2.75, 3.05) is 17.2 Å². The predicted molar refractivity (Wildman–Crippen MR) is 120 cm³/mol. The minimum absolute atomic E-state index is 0.126. The molecule has 156 valence electrons. The Balaban J connectivity index is 1.97. The van der Waals surface area contributed by atoms with Gasteiger partial charge in [0.2, 0.25) is 0 Å². The number of hydrogen-bond acceptors (Lipinski definition) is 5. The fourth-order valence-corrected chi connectivity index (χ4v) is 3.61. The Kier molecular flexibility index (Phi) is 5.68. The van der Waals surface area contributed by atoms with Crippen LogP contribution in [-0.2, 0) is 4.79 Å². The zero-order chi connectivity index (χ0) is 22.0. The lowest BCUT2D eigenvalue weighted by molar-refractivity contribution is -0.136. The average Bonchev–Trinajstić information content (AvgIpc) is 2.76. The van der Waals surface area contributed by atoms with E-state index in [9.17, 15) is 14.3 Å². The number of anilines is 3. The Morgan fingerprint density at radius 1 is 1.13 bits per heavy atom. The molecule has 0 spiro atoms. The lowest BCUT2D eigenvalue weighted by Gasteiger charge is -2.27. The van der Waals surface area contributed by atoms with Gasteiger partial charge in [-0.2, -0.15) is 0 Å². The zero-order valence-electron chi connectivity index (χ0n) is 16.3. The number of carboxylic acids is 1. The number of nitrogen functional groups attached to an aromatic ring is 1. The molecule has 0 aliphatic carbocycles. The molecule has 4 aromatic rings. The molecule has 2 aromatic heterocycles. The highest BCUT2D eigenvalue weighted by Gasteiger charge is 2.19. The number of fused-ring (bicyclic) bond motifs is 1. The van der Waals surface area contributed by atoms with Crippen molar-refractivity contribution < 1.29 is 14.3 Å². The first-order chi connectivity index (χ1) is 14.9. The van der Waals surface area contributed by atoms with Gasteiger partial charge in [-0.3, -0.25) is 9.78 Å². The van der Waals surface area contributed by atoms with Crippen molar-refractivity contribution in [3.05, 3.63) is 77.8 Å². The first kappa shape index (κ1) is 20.6. The highest BCUT2D eigenvalue weighted by Crippen LogP contribution is 2.38. The van der Waals surface area contributed by atoms with Gasteiger partial charge in [0.05, 0.1) is 40.9 Å². The van der Waals surface area contributed by atoms with Gasteiger partial charge in [0.1, 0.15) is 5.82 Å². The first-order valence-corrected chi connectivity index (χ1v) is 9.86. The molecule has 0 unspecified atom stereocenters. The highest BCUT2D eigenvalue weighted by molar-refractivity contribution is 6.30. The molecule has 3 N–H and O–H groups in total. The van der Waals surface area contributed by atoms with E-state index in [1.807, 2.05) is 24.3 Å². The summed E-state index contributed by atoms with van der Waals surface area (Å²) < 4.78 is 14.6. The van der Waals surface area contributed by atoms with E-state index in [1.54, 1.807) is 23.2 Å². The van der Waals surface area contributed by atoms with E-state index in [1.165, 1.54) is 24.4 Å². The lowest BCUT2D eigenvalue weighted by Crippen LogP contribution is -2.22. The van der Waals surface area contributed by atoms with Gasteiger partial charge in [-0.25, -0.2) is 9.37 Å². The fourth-order valence-electron chi connectivity index (χ4n) is 3.44. The fraction of sp³-hybridized carbons (Fsp3) is 0.0870. The highest BCUT2D eigenvalue weighted by atomic mass is 35.5. The van der Waals surface area contributed by atoms with Crippen LogP contribution in [0, 0.1) is 5.82 Å². The van der Waals surface area contributed by atoms with Gasteiger partial charge in [0, 0.05) is 28.7 Å². The molecular formula is C23H18ClFN4O2. The van der Waals surface area contributed by atoms with Crippen LogP contribution < -0.4 is 10.6 Å². The molecule has 0 aliphatic rings. The SMILES string of the molecule is Nc1cnccc1N(CCC(=O)O)c1cc(-c2cc(Cl)ccc2F)nc2ccccc12. The van der Waals surface area contributed by atoms with E-state index in [-0.39, 0.29) is 18.5 Å². The molecule has 8 heteroatoms. The number of carboxylic acid groups (broad SMARTS) is 1. The summed E-state index contributed by atoms with van der Waals surface area (Å²) in [4.78, 5) is 21.8. The maximum absolute atomic E-state index is 14.6. The third kappa shape index (κ3) is 4.27. The van der Waals surface area contributed by atoms with E-state index < -0.39 is 11.8 Å². The van der Waals surface area contributed by atoms with Crippen LogP contribution in [0.1, 0.15) is 6.42 Å². The minimum atomic E-state index is -0.947. The molecule has 0 atom stereocenters. The van der Waals surface area contributed by atoms with Crippen LogP contribution in [0.15, 0.2) is 67.0 Å². The second-order valence-electron chi connectivity index (χ2n) is 6.90. The number of hydrogen-bond donors (Lipinski definition) is 2. The first-order valence-electron chi connectivity index (χ1n) is 9.48. The van der Waals surface area contributed by atoms with Gasteiger partial charge < -0.3 is 15.7 Å². The van der Waals surface area contributed by atoms with Crippen molar-refractivity contribution in [1.82, 2.24) is 9.97 Å². The van der Waals surface area contributed by atoms with Crippen molar-refractivity contribution in [2.24, 2.45) is 0 Å². The van der Waals surface area contributed by atoms with Gasteiger partial charge in [-0.15, -0.1) is 0 Å². The quantitative estimate of drug-likeness (QED) is 0.427. The maximum atomic E-state index is 14.6. The van der Waals surface area contributed by atoms with E-state index in [0.29, 0.717) is 33.3 Å². The van der Waals surface area contributed by atoms with Crippen LogP contribution in [0.3, 0.4) is 0 Å². The van der Waals surface area contributed by atoms with Crippen LogP contribution in [-0.4, -0.2) is 27.6 Å². The molecule has 2 aromatic carbocycles. The summed E-state index contributed by atoms with van der Waals surface area (Å²) >= 11 is 6.09. The molecular weight excluding hydrogens is 419 g/mol. The number of benzene rings is 2. The monoisotopic (exact) mass is 436 g/mol. The average molecular weight is 437 g/mol. The normalized spacial score (nSPS) is 10.9. The zero-order valence-corrected chi connectivity index (χ0v) is 17.1. The molecule has 0 radical (unpaired) electrons. The molecule has 0 amide bonds. The van der Waals surface area contributed by atoms with E-state index in [4.69, 9.17) is 17.3 Å². The maximum Gasteiger partial charge on any atom is 0.305 e. The molecule has 2 heterocycles. The third-order valence-electron chi connectivity index (χ3n) is 4.86. The Labute approximate surface area is 182 Å². The number of halogens is 2. The number of pyridine rings is 2. The summed E-state index contributed by atoms with van der Waals surface area (Å²) in [5.74, 6) is -1.41. The third-order valence-corrected chi connectivity index (χ3v) is 5.09. The number of rotatable bonds is 6. The molecule has 0 saturated carbocycles. The summed E-state index contributed by atoms with van der Waals surface area (Å²) in [5, 5.41) is 10.4. The topological polar surface area (TPSA) is 92.3 Å². The second kappa shape index (κ2) is 8.57. The Morgan fingerprint density at radius 3 is 2.71 bits per heavy atom. The van der Waals surface area contributed by atoms with Crippen molar-refractivity contribution in [2.45, 2.75) is 6.42 Å². The summed E-state index contributed by atoms with van der Waals surface area (Å²) in [6, 6.07) is 15.1. The summed E-state index contributed by atoms with van der Waals surface area (Å²) in [5.41, 5.74) is 9.06. The number of aliphatic carboxylic acids is 1. The standard InChI is InChI=1S/C23H18ClFN4O2/c24-14-5-6-17(25)16(11-14)20-12-22(15-3-1-2-4-19(15)28-20)29(10-8-23(30)31)21-7-9-27-13-18(21)26/h1-7,9,11-13H,8,10,26H2,(H,30,31). The van der Waals surface area contributed by atoms with Gasteiger partial charge in [0.15, 0.2) is 0 Å². The lowest BCUT2D eigenvalue weighted by atomic mass is 10.1. The van der Waals surface area contributed by atoms with Crippen molar-refractivity contribution >= 4 is 45.5 Å². The van der Waals surface area contributed by atoms with Crippen LogP contribution in [0.5, 0.6) is 0 Å². The molecule has 0 aliphatic heterocycles. The van der Waals surface area contributed by atoms with Gasteiger partial charge in [0.25, 0.3) is 0 Å². The number of nitrogens with two attached hydrogens (primary N) is 1. The van der Waals surface area contributed by atoms with Gasteiger partial charge in [-0.1, -0.05) is 29.8 Å². The van der Waals surface area contributed by atoms with Crippen LogP contribution in [0.25, 0.3) is 22.2 Å². The van der Waals surface area contributed by atoms with E-state index in [0.717, 1.165) is 5.39 Å². The van der Waals surface area contributed by atoms with Gasteiger partial charge >= 0.3 is 5.97 Å². The van der Waals surface area contributed by atoms with E-state index >= 15 is 0 Å². The Morgan fingerprint density at radius 2 is 1.94 bits per heavy atom. The van der Waals surface area contributed by atoms with Crippen LogP contribution in [0.4, 0.5) is 21.5 Å². The molecule has 0 bridgehead atoms. The van der Waals surface area contributed by atoms with Crippen molar-refractivity contribution in [3.63, 3.8) is 0 Å². The molecule has 0 saturated heterocycles. The second-order valence-corrected chi connectivity index (χ2v) is 7.33. The molecule has 4 rings (SSSR count). The largest absolute Gasteiger partial charge is 0.481 e. The summed E-state index contributed by atoms with van der Waals surface area (Å²) in [6.07, 6.45) is 2.96. The van der Waals surface area contributed by atoms with Crippen LogP contribution in [0.2, 0.25) is 5.02 Å². The smallest absolute Gasteiger partial charge is 0.305 e. The number of nitrogens with zero attached hydrogens (tertiary/aromatic N) is 3. The molecule has 31 heavy (non-hydrogen) atoms.